The molecule has 2 rings (SSSR count). The lowest BCUT2D eigenvalue weighted by atomic mass is 10.2. The molecule has 2 unspecified atom stereocenters. The van der Waals surface area contributed by atoms with E-state index >= 15 is 0 Å². The highest BCUT2D eigenvalue weighted by atomic mass is 32.1. The first-order chi connectivity index (χ1) is 13.0. The number of aliphatic hydroxyl groups is 1. The molecule has 1 aromatic heterocycles. The number of guanidine groups is 1. The van der Waals surface area contributed by atoms with Gasteiger partial charge >= 0.3 is 0 Å². The van der Waals surface area contributed by atoms with Gasteiger partial charge in [0.15, 0.2) is 5.96 Å². The predicted octanol–water partition coefficient (Wildman–Crippen LogP) is 2.79. The Balaban J connectivity index is 1.87. The summed E-state index contributed by atoms with van der Waals surface area (Å²) in [6, 6.07) is 10.3. The third-order valence-electron chi connectivity index (χ3n) is 4.20. The zero-order valence-electron chi connectivity index (χ0n) is 16.3. The summed E-state index contributed by atoms with van der Waals surface area (Å²) in [5.74, 6) is 0.631. The van der Waals surface area contributed by atoms with E-state index in [1.54, 1.807) is 11.3 Å². The number of aliphatic hydroxyl groups excluding tert-OH is 1. The van der Waals surface area contributed by atoms with Crippen molar-refractivity contribution in [2.45, 2.75) is 45.8 Å². The molecule has 0 aliphatic heterocycles. The second-order valence-corrected chi connectivity index (χ2v) is 7.59. The van der Waals surface area contributed by atoms with Gasteiger partial charge in [0.1, 0.15) is 6.10 Å². The summed E-state index contributed by atoms with van der Waals surface area (Å²) < 4.78 is 1.16. The minimum atomic E-state index is -0.647. The van der Waals surface area contributed by atoms with Gasteiger partial charge in [-0.3, -0.25) is 9.79 Å². The summed E-state index contributed by atoms with van der Waals surface area (Å²) in [4.78, 5) is 17.2. The Kier molecular flexibility index (Phi) is 8.54. The summed E-state index contributed by atoms with van der Waals surface area (Å²) in [6.07, 6.45) is 0.651. The molecule has 7 heteroatoms. The molecule has 1 aromatic carbocycles. The molecule has 0 bridgehead atoms. The van der Waals surface area contributed by atoms with Crippen molar-refractivity contribution in [3.8, 4) is 0 Å². The third-order valence-corrected chi connectivity index (χ3v) is 5.42. The van der Waals surface area contributed by atoms with Crippen LogP contribution in [0.25, 0.3) is 10.1 Å². The van der Waals surface area contributed by atoms with Crippen LogP contribution in [0.3, 0.4) is 0 Å². The Morgan fingerprint density at radius 1 is 1.26 bits per heavy atom. The van der Waals surface area contributed by atoms with E-state index in [-0.39, 0.29) is 18.5 Å². The Morgan fingerprint density at radius 2 is 2.04 bits per heavy atom. The van der Waals surface area contributed by atoms with Gasteiger partial charge in [-0.25, -0.2) is 0 Å². The number of hydrogen-bond acceptors (Lipinski definition) is 4. The molecule has 0 aliphatic carbocycles. The van der Waals surface area contributed by atoms with Gasteiger partial charge in [-0.2, -0.15) is 0 Å². The van der Waals surface area contributed by atoms with Crippen molar-refractivity contribution in [3.63, 3.8) is 0 Å². The number of rotatable bonds is 9. The van der Waals surface area contributed by atoms with E-state index in [2.05, 4.69) is 27.0 Å². The average Bonchev–Trinajstić information content (AvgIpc) is 3.10. The number of fused-ring (bicyclic) bond motifs is 1. The van der Waals surface area contributed by atoms with Crippen LogP contribution in [0.4, 0.5) is 0 Å². The molecular formula is C20H30N4O2S. The highest BCUT2D eigenvalue weighted by molar-refractivity contribution is 7.19. The molecule has 0 saturated carbocycles. The molecule has 6 nitrogen and oxygen atoms in total. The summed E-state index contributed by atoms with van der Waals surface area (Å²) in [6.45, 7) is 7.49. The molecule has 4 N–H and O–H groups in total. The number of nitrogens with one attached hydrogen (secondary N) is 3. The zero-order valence-corrected chi connectivity index (χ0v) is 17.1. The zero-order chi connectivity index (χ0) is 19.6. The van der Waals surface area contributed by atoms with E-state index in [0.29, 0.717) is 25.5 Å². The molecule has 1 amide bonds. The van der Waals surface area contributed by atoms with E-state index in [0.717, 1.165) is 21.4 Å². The second-order valence-electron chi connectivity index (χ2n) is 6.48. The highest BCUT2D eigenvalue weighted by Gasteiger charge is 2.12. The number of carbonyl (C=O) groups excluding carboxylic acids is 1. The summed E-state index contributed by atoms with van der Waals surface area (Å²) in [7, 11) is 0. The molecule has 0 saturated heterocycles. The van der Waals surface area contributed by atoms with Crippen LogP contribution in [0, 0.1) is 0 Å². The molecule has 27 heavy (non-hydrogen) atoms. The van der Waals surface area contributed by atoms with Crippen molar-refractivity contribution >= 4 is 33.3 Å². The Bertz CT molecular complexity index is 726. The number of nitrogens with zero attached hydrogens (tertiary/aromatic N) is 1. The third kappa shape index (κ3) is 6.84. The van der Waals surface area contributed by atoms with Crippen LogP contribution in [-0.4, -0.2) is 42.6 Å². The SMILES string of the molecule is CCNC(=NCC(O)c1cc2ccccc2s1)NCCC(=O)NC(C)CC. The molecule has 0 aliphatic rings. The molecule has 2 atom stereocenters. The van der Waals surface area contributed by atoms with Gasteiger partial charge in [-0.1, -0.05) is 25.1 Å². The number of hydrogen-bond donors (Lipinski definition) is 4. The van der Waals surface area contributed by atoms with Crippen molar-refractivity contribution in [3.05, 3.63) is 35.2 Å². The van der Waals surface area contributed by atoms with E-state index in [1.807, 2.05) is 45.0 Å². The van der Waals surface area contributed by atoms with Gasteiger partial charge in [0.05, 0.1) is 6.54 Å². The minimum absolute atomic E-state index is 0.0259. The molecule has 1 heterocycles. The first-order valence-corrected chi connectivity index (χ1v) is 10.3. The summed E-state index contributed by atoms with van der Waals surface area (Å²) in [5, 5.41) is 20.8. The number of carbonyl (C=O) groups is 1. The molecule has 0 spiro atoms. The first-order valence-electron chi connectivity index (χ1n) is 9.51. The van der Waals surface area contributed by atoms with Crippen molar-refractivity contribution < 1.29 is 9.90 Å². The van der Waals surface area contributed by atoms with E-state index < -0.39 is 6.10 Å². The predicted molar refractivity (Wildman–Crippen MR) is 113 cm³/mol. The fraction of sp³-hybridized carbons (Fsp3) is 0.500. The van der Waals surface area contributed by atoms with Crippen molar-refractivity contribution in [2.24, 2.45) is 4.99 Å². The van der Waals surface area contributed by atoms with Gasteiger partial charge in [0, 0.05) is 35.1 Å². The van der Waals surface area contributed by atoms with Gasteiger partial charge in [0.2, 0.25) is 5.91 Å². The fourth-order valence-electron chi connectivity index (χ4n) is 2.52. The number of benzene rings is 1. The summed E-state index contributed by atoms with van der Waals surface area (Å²) in [5.41, 5.74) is 0. The van der Waals surface area contributed by atoms with Gasteiger partial charge < -0.3 is 21.1 Å². The minimum Gasteiger partial charge on any atom is -0.386 e. The van der Waals surface area contributed by atoms with Crippen LogP contribution >= 0.6 is 11.3 Å². The van der Waals surface area contributed by atoms with Crippen molar-refractivity contribution in [1.82, 2.24) is 16.0 Å². The number of amides is 1. The van der Waals surface area contributed by atoms with Crippen LogP contribution < -0.4 is 16.0 Å². The van der Waals surface area contributed by atoms with Crippen LogP contribution in [-0.2, 0) is 4.79 Å². The molecular weight excluding hydrogens is 360 g/mol. The molecule has 2 aromatic rings. The van der Waals surface area contributed by atoms with Crippen LogP contribution in [0.15, 0.2) is 35.3 Å². The normalized spacial score (nSPS) is 14.0. The lowest BCUT2D eigenvalue weighted by Gasteiger charge is -2.14. The van der Waals surface area contributed by atoms with Gasteiger partial charge in [-0.05, 0) is 37.8 Å². The lowest BCUT2D eigenvalue weighted by molar-refractivity contribution is -0.121. The maximum absolute atomic E-state index is 11.8. The van der Waals surface area contributed by atoms with Crippen LogP contribution in [0.1, 0.15) is 44.6 Å². The number of aliphatic imine (C=N–C) groups is 1. The van der Waals surface area contributed by atoms with E-state index in [9.17, 15) is 9.90 Å². The molecule has 148 valence electrons. The van der Waals surface area contributed by atoms with E-state index in [4.69, 9.17) is 0 Å². The van der Waals surface area contributed by atoms with Crippen molar-refractivity contribution in [1.29, 1.82) is 0 Å². The lowest BCUT2D eigenvalue weighted by Crippen LogP contribution is -2.40. The Hall–Kier alpha value is -2.12. The molecule has 0 radical (unpaired) electrons. The standard InChI is InChI=1S/C20H30N4O2S/c1-4-14(3)24-19(26)10-11-22-20(21-5-2)23-13-16(25)18-12-15-8-6-7-9-17(15)27-18/h6-9,12,14,16,25H,4-5,10-11,13H2,1-3H3,(H,24,26)(H2,21,22,23). The Labute approximate surface area is 165 Å². The fourth-order valence-corrected chi connectivity index (χ4v) is 3.56. The topological polar surface area (TPSA) is 85.8 Å². The maximum atomic E-state index is 11.8. The highest BCUT2D eigenvalue weighted by Crippen LogP contribution is 2.29. The largest absolute Gasteiger partial charge is 0.386 e. The maximum Gasteiger partial charge on any atom is 0.221 e. The number of thiophene rings is 1. The van der Waals surface area contributed by atoms with Gasteiger partial charge in [0.25, 0.3) is 0 Å². The second kappa shape index (κ2) is 10.9. The van der Waals surface area contributed by atoms with Crippen molar-refractivity contribution in [2.75, 3.05) is 19.6 Å². The van der Waals surface area contributed by atoms with E-state index in [1.165, 1.54) is 0 Å². The van der Waals surface area contributed by atoms with Gasteiger partial charge in [-0.15, -0.1) is 11.3 Å². The smallest absolute Gasteiger partial charge is 0.221 e. The van der Waals surface area contributed by atoms with Crippen LogP contribution in [0.2, 0.25) is 0 Å². The first kappa shape index (κ1) is 21.2. The Morgan fingerprint density at radius 3 is 2.74 bits per heavy atom. The summed E-state index contributed by atoms with van der Waals surface area (Å²) >= 11 is 1.59. The molecule has 0 fully saturated rings. The quantitative estimate of drug-likeness (QED) is 0.392. The average molecular weight is 391 g/mol. The van der Waals surface area contributed by atoms with Crippen LogP contribution in [0.5, 0.6) is 0 Å². The monoisotopic (exact) mass is 390 g/mol.